The lowest BCUT2D eigenvalue weighted by Crippen LogP contribution is -2.26. The van der Waals surface area contributed by atoms with Gasteiger partial charge in [0.15, 0.2) is 0 Å². The van der Waals surface area contributed by atoms with E-state index in [1.807, 2.05) is 0 Å². The summed E-state index contributed by atoms with van der Waals surface area (Å²) in [6.07, 6.45) is 0.418. The summed E-state index contributed by atoms with van der Waals surface area (Å²) >= 11 is -2.40. The van der Waals surface area contributed by atoms with Gasteiger partial charge in [-0.2, -0.15) is 4.21 Å². The van der Waals surface area contributed by atoms with E-state index in [1.54, 1.807) is 18.2 Å². The monoisotopic (exact) mass is 272 g/mol. The van der Waals surface area contributed by atoms with Crippen LogP contribution in [0.1, 0.15) is 5.56 Å². The quantitative estimate of drug-likeness (QED) is 0.545. The standard InChI is InChI=1S/C10H12N2O5S/c1-12(17-18(15)16)7-3-2-6-4-9(10(13)14)11-8(6)5-7/h2-3,5,9,11H,4H2,1H3,(H,13,14)(H,15,16). The van der Waals surface area contributed by atoms with Crippen LogP contribution in [-0.2, 0) is 26.9 Å². The second-order valence-corrected chi connectivity index (χ2v) is 4.45. The molecule has 3 N–H and O–H groups in total. The molecule has 2 atom stereocenters. The molecule has 7 nitrogen and oxygen atoms in total. The molecule has 18 heavy (non-hydrogen) atoms. The maximum Gasteiger partial charge on any atom is 0.326 e. The third-order valence-corrected chi connectivity index (χ3v) is 3.04. The summed E-state index contributed by atoms with van der Waals surface area (Å²) in [5, 5.41) is 12.9. The van der Waals surface area contributed by atoms with Gasteiger partial charge in [-0.05, 0) is 17.7 Å². The minimum Gasteiger partial charge on any atom is -0.480 e. The van der Waals surface area contributed by atoms with Crippen molar-refractivity contribution in [2.24, 2.45) is 0 Å². The van der Waals surface area contributed by atoms with Gasteiger partial charge in [-0.3, -0.25) is 4.55 Å². The Hall–Kier alpha value is -1.64. The van der Waals surface area contributed by atoms with Crippen LogP contribution in [0.15, 0.2) is 18.2 Å². The number of carbonyl (C=O) groups is 1. The van der Waals surface area contributed by atoms with E-state index in [0.29, 0.717) is 17.8 Å². The molecule has 8 heteroatoms. The zero-order chi connectivity index (χ0) is 13.3. The summed E-state index contributed by atoms with van der Waals surface area (Å²) in [6.45, 7) is 0. The molecule has 98 valence electrons. The average Bonchev–Trinajstić information content (AvgIpc) is 2.70. The van der Waals surface area contributed by atoms with Crippen molar-refractivity contribution in [2.75, 3.05) is 17.4 Å². The summed E-state index contributed by atoms with van der Waals surface area (Å²) in [6, 6.07) is 4.50. The second-order valence-electron chi connectivity index (χ2n) is 3.87. The first-order chi connectivity index (χ1) is 8.47. The van der Waals surface area contributed by atoms with Gasteiger partial charge in [0.1, 0.15) is 6.04 Å². The number of hydroxylamine groups is 1. The third-order valence-electron chi connectivity index (χ3n) is 2.68. The Balaban J connectivity index is 2.17. The predicted octanol–water partition coefficient (Wildman–Crippen LogP) is 0.612. The van der Waals surface area contributed by atoms with E-state index in [2.05, 4.69) is 9.60 Å². The van der Waals surface area contributed by atoms with Gasteiger partial charge >= 0.3 is 17.3 Å². The zero-order valence-electron chi connectivity index (χ0n) is 9.49. The van der Waals surface area contributed by atoms with Crippen LogP contribution < -0.4 is 10.4 Å². The molecule has 1 aliphatic heterocycles. The summed E-state index contributed by atoms with van der Waals surface area (Å²) in [5.74, 6) is -0.909. The number of benzene rings is 1. The fourth-order valence-electron chi connectivity index (χ4n) is 1.82. The first-order valence-electron chi connectivity index (χ1n) is 5.12. The minimum atomic E-state index is -2.40. The first-order valence-corrected chi connectivity index (χ1v) is 6.16. The van der Waals surface area contributed by atoms with Gasteiger partial charge in [-0.25, -0.2) is 9.86 Å². The number of carboxylic acids is 1. The second kappa shape index (κ2) is 4.92. The molecular formula is C10H12N2O5S. The molecular weight excluding hydrogens is 260 g/mol. The van der Waals surface area contributed by atoms with E-state index in [4.69, 9.17) is 9.66 Å². The molecule has 1 aromatic rings. The van der Waals surface area contributed by atoms with E-state index in [9.17, 15) is 9.00 Å². The van der Waals surface area contributed by atoms with Crippen LogP contribution in [0, 0.1) is 0 Å². The SMILES string of the molecule is CN(OS(=O)O)c1ccc2c(c1)NC(C(=O)O)C2. The highest BCUT2D eigenvalue weighted by atomic mass is 32.2. The number of anilines is 2. The Bertz CT molecular complexity index is 507. The van der Waals surface area contributed by atoms with Crippen LogP contribution in [0.5, 0.6) is 0 Å². The van der Waals surface area contributed by atoms with Gasteiger partial charge < -0.3 is 10.4 Å². The van der Waals surface area contributed by atoms with Crippen molar-refractivity contribution in [1.82, 2.24) is 0 Å². The van der Waals surface area contributed by atoms with Gasteiger partial charge in [0.2, 0.25) is 0 Å². The highest BCUT2D eigenvalue weighted by Gasteiger charge is 2.26. The number of nitrogens with one attached hydrogen (secondary N) is 1. The Morgan fingerprint density at radius 2 is 2.33 bits per heavy atom. The topological polar surface area (TPSA) is 99.1 Å². The maximum atomic E-state index is 10.9. The highest BCUT2D eigenvalue weighted by Crippen LogP contribution is 2.30. The maximum absolute atomic E-state index is 10.9. The number of hydrogen-bond acceptors (Lipinski definition) is 5. The molecule has 0 fully saturated rings. The van der Waals surface area contributed by atoms with Crippen molar-refractivity contribution in [3.8, 4) is 0 Å². The van der Waals surface area contributed by atoms with E-state index in [1.165, 1.54) is 7.05 Å². The summed E-state index contributed by atoms with van der Waals surface area (Å²) in [4.78, 5) is 10.9. The van der Waals surface area contributed by atoms with Crippen molar-refractivity contribution in [2.45, 2.75) is 12.5 Å². The average molecular weight is 272 g/mol. The van der Waals surface area contributed by atoms with Gasteiger partial charge in [0, 0.05) is 19.2 Å². The van der Waals surface area contributed by atoms with Crippen LogP contribution in [-0.4, -0.2) is 32.9 Å². The van der Waals surface area contributed by atoms with E-state index >= 15 is 0 Å². The lowest BCUT2D eigenvalue weighted by molar-refractivity contribution is -0.137. The van der Waals surface area contributed by atoms with Crippen molar-refractivity contribution in [3.63, 3.8) is 0 Å². The van der Waals surface area contributed by atoms with Gasteiger partial charge in [0.25, 0.3) is 0 Å². The molecule has 0 saturated heterocycles. The van der Waals surface area contributed by atoms with Crippen molar-refractivity contribution < 1.29 is 22.9 Å². The summed E-state index contributed by atoms with van der Waals surface area (Å²) in [7, 11) is 1.49. The number of rotatable bonds is 4. The molecule has 1 aliphatic rings. The van der Waals surface area contributed by atoms with Crippen LogP contribution >= 0.6 is 0 Å². The number of fused-ring (bicyclic) bond motifs is 1. The van der Waals surface area contributed by atoms with Crippen LogP contribution in [0.3, 0.4) is 0 Å². The normalized spacial score (nSPS) is 18.9. The number of hydrogen-bond donors (Lipinski definition) is 3. The Kier molecular flexibility index (Phi) is 3.50. The fourth-order valence-corrected chi connectivity index (χ4v) is 2.10. The summed E-state index contributed by atoms with van der Waals surface area (Å²) < 4.78 is 23.7. The molecule has 1 heterocycles. The van der Waals surface area contributed by atoms with Gasteiger partial charge in [0.05, 0.1) is 5.69 Å². The van der Waals surface area contributed by atoms with Crippen LogP contribution in [0.25, 0.3) is 0 Å². The zero-order valence-corrected chi connectivity index (χ0v) is 10.3. The van der Waals surface area contributed by atoms with Crippen LogP contribution in [0.4, 0.5) is 11.4 Å². The summed E-state index contributed by atoms with van der Waals surface area (Å²) in [5.41, 5.74) is 2.14. The molecule has 0 amide bonds. The highest BCUT2D eigenvalue weighted by molar-refractivity contribution is 7.74. The molecule has 0 bridgehead atoms. The number of nitrogens with zero attached hydrogens (tertiary/aromatic N) is 1. The Morgan fingerprint density at radius 1 is 1.61 bits per heavy atom. The molecule has 0 aliphatic carbocycles. The van der Waals surface area contributed by atoms with Gasteiger partial charge in [-0.15, -0.1) is 4.28 Å². The molecule has 0 radical (unpaired) electrons. The number of carboxylic acid groups (broad SMARTS) is 1. The molecule has 0 spiro atoms. The van der Waals surface area contributed by atoms with Crippen LogP contribution in [0.2, 0.25) is 0 Å². The first kappa shape index (κ1) is 12.8. The Labute approximate surface area is 106 Å². The fraction of sp³-hybridized carbons (Fsp3) is 0.300. The largest absolute Gasteiger partial charge is 0.480 e. The molecule has 0 saturated carbocycles. The van der Waals surface area contributed by atoms with Crippen molar-refractivity contribution in [1.29, 1.82) is 0 Å². The van der Waals surface area contributed by atoms with Gasteiger partial charge in [-0.1, -0.05) is 6.07 Å². The molecule has 2 unspecified atom stereocenters. The Morgan fingerprint density at radius 3 is 2.94 bits per heavy atom. The number of aliphatic carboxylic acids is 1. The minimum absolute atomic E-state index is 0.418. The van der Waals surface area contributed by atoms with E-state index in [0.717, 1.165) is 10.6 Å². The van der Waals surface area contributed by atoms with Crippen molar-refractivity contribution in [3.05, 3.63) is 23.8 Å². The third kappa shape index (κ3) is 2.61. The molecule has 1 aromatic carbocycles. The predicted molar refractivity (Wildman–Crippen MR) is 65.5 cm³/mol. The lowest BCUT2D eigenvalue weighted by Gasteiger charge is -2.16. The lowest BCUT2D eigenvalue weighted by atomic mass is 10.1. The van der Waals surface area contributed by atoms with Crippen molar-refractivity contribution >= 4 is 28.7 Å². The molecule has 0 aromatic heterocycles. The smallest absolute Gasteiger partial charge is 0.326 e. The van der Waals surface area contributed by atoms with E-state index in [-0.39, 0.29) is 0 Å². The molecule has 2 rings (SSSR count). The van der Waals surface area contributed by atoms with E-state index < -0.39 is 23.4 Å².